The monoisotopic (exact) mass is 265 g/mol. The number of amides is 1. The maximum Gasteiger partial charge on any atom is 0.260 e. The van der Waals surface area contributed by atoms with Gasteiger partial charge in [0.2, 0.25) is 0 Å². The first-order chi connectivity index (χ1) is 8.96. The van der Waals surface area contributed by atoms with Gasteiger partial charge in [0.05, 0.1) is 0 Å². The van der Waals surface area contributed by atoms with Crippen molar-refractivity contribution >= 4 is 5.91 Å². The molecule has 104 valence electrons. The minimum absolute atomic E-state index is 0.0239. The number of benzene rings is 1. The van der Waals surface area contributed by atoms with E-state index in [2.05, 4.69) is 13.8 Å². The zero-order chi connectivity index (χ0) is 13.9. The van der Waals surface area contributed by atoms with E-state index in [1.165, 1.54) is 12.1 Å². The van der Waals surface area contributed by atoms with Gasteiger partial charge >= 0.3 is 0 Å². The summed E-state index contributed by atoms with van der Waals surface area (Å²) in [5.74, 6) is 0.00937. The molecule has 0 unspecified atom stereocenters. The van der Waals surface area contributed by atoms with E-state index in [9.17, 15) is 9.18 Å². The van der Waals surface area contributed by atoms with Gasteiger partial charge in [-0.2, -0.15) is 0 Å². The highest BCUT2D eigenvalue weighted by Crippen LogP contribution is 2.29. The summed E-state index contributed by atoms with van der Waals surface area (Å²) in [6.07, 6.45) is 2.03. The van der Waals surface area contributed by atoms with Crippen LogP contribution >= 0.6 is 0 Å². The lowest BCUT2D eigenvalue weighted by molar-refractivity contribution is -0.135. The molecular formula is C15H20FNO2. The van der Waals surface area contributed by atoms with Crippen LogP contribution in [-0.4, -0.2) is 30.5 Å². The van der Waals surface area contributed by atoms with Gasteiger partial charge in [0.1, 0.15) is 11.6 Å². The maximum absolute atomic E-state index is 13.0. The first-order valence-corrected chi connectivity index (χ1v) is 6.62. The van der Waals surface area contributed by atoms with Gasteiger partial charge in [0.25, 0.3) is 5.91 Å². The lowest BCUT2D eigenvalue weighted by atomic mass is 9.83. The van der Waals surface area contributed by atoms with Crippen LogP contribution < -0.4 is 4.74 Å². The zero-order valence-electron chi connectivity index (χ0n) is 11.5. The Hall–Kier alpha value is -1.58. The van der Waals surface area contributed by atoms with Gasteiger partial charge in [-0.1, -0.05) is 19.9 Å². The Balaban J connectivity index is 1.82. The lowest BCUT2D eigenvalue weighted by Crippen LogP contribution is -2.43. The summed E-state index contributed by atoms with van der Waals surface area (Å²) in [7, 11) is 0. The van der Waals surface area contributed by atoms with Crippen LogP contribution in [0.3, 0.4) is 0 Å². The molecular weight excluding hydrogens is 245 g/mol. The predicted molar refractivity (Wildman–Crippen MR) is 71.5 cm³/mol. The number of carbonyl (C=O) groups is 1. The van der Waals surface area contributed by atoms with Gasteiger partial charge in [0.15, 0.2) is 6.61 Å². The molecule has 0 aromatic heterocycles. The Kier molecular flexibility index (Phi) is 4.08. The van der Waals surface area contributed by atoms with E-state index in [-0.39, 0.29) is 18.3 Å². The van der Waals surface area contributed by atoms with Crippen LogP contribution in [0.5, 0.6) is 5.75 Å². The van der Waals surface area contributed by atoms with Crippen LogP contribution in [0.4, 0.5) is 4.39 Å². The van der Waals surface area contributed by atoms with Gasteiger partial charge in [-0.05, 0) is 30.4 Å². The summed E-state index contributed by atoms with van der Waals surface area (Å²) in [5.41, 5.74) is 0.320. The molecule has 0 atom stereocenters. The minimum Gasteiger partial charge on any atom is -0.484 e. The third kappa shape index (κ3) is 3.94. The molecule has 1 amide bonds. The van der Waals surface area contributed by atoms with E-state index < -0.39 is 0 Å². The summed E-state index contributed by atoms with van der Waals surface area (Å²) in [6, 6.07) is 5.85. The predicted octanol–water partition coefficient (Wildman–Crippen LogP) is 2.85. The quantitative estimate of drug-likeness (QED) is 0.841. The van der Waals surface area contributed by atoms with Crippen molar-refractivity contribution in [2.24, 2.45) is 5.41 Å². The molecule has 1 aromatic rings. The second-order valence-corrected chi connectivity index (χ2v) is 5.79. The van der Waals surface area contributed by atoms with Gasteiger partial charge < -0.3 is 9.64 Å². The van der Waals surface area contributed by atoms with Crippen molar-refractivity contribution in [2.75, 3.05) is 19.7 Å². The first-order valence-electron chi connectivity index (χ1n) is 6.62. The van der Waals surface area contributed by atoms with Gasteiger partial charge in [-0.15, -0.1) is 0 Å². The molecule has 0 spiro atoms. The molecule has 2 rings (SSSR count). The molecule has 1 aliphatic rings. The van der Waals surface area contributed by atoms with Crippen LogP contribution in [0, 0.1) is 11.2 Å². The highest BCUT2D eigenvalue weighted by Gasteiger charge is 2.27. The summed E-state index contributed by atoms with van der Waals surface area (Å²) < 4.78 is 18.3. The third-order valence-electron chi connectivity index (χ3n) is 3.63. The Morgan fingerprint density at radius 2 is 2.05 bits per heavy atom. The number of nitrogens with zero attached hydrogens (tertiary/aromatic N) is 1. The molecule has 1 heterocycles. The smallest absolute Gasteiger partial charge is 0.260 e. The highest BCUT2D eigenvalue weighted by atomic mass is 19.1. The number of hydrogen-bond acceptors (Lipinski definition) is 2. The van der Waals surface area contributed by atoms with E-state index in [0.717, 1.165) is 25.9 Å². The highest BCUT2D eigenvalue weighted by molar-refractivity contribution is 5.77. The molecule has 4 heteroatoms. The number of rotatable bonds is 3. The Labute approximate surface area is 113 Å². The maximum atomic E-state index is 13.0. The van der Waals surface area contributed by atoms with Crippen molar-refractivity contribution in [1.29, 1.82) is 0 Å². The first kappa shape index (κ1) is 13.8. The Morgan fingerprint density at radius 1 is 1.37 bits per heavy atom. The molecule has 0 bridgehead atoms. The average molecular weight is 265 g/mol. The molecule has 3 nitrogen and oxygen atoms in total. The minimum atomic E-state index is -0.357. The molecule has 1 aromatic carbocycles. The van der Waals surface area contributed by atoms with Crippen LogP contribution in [-0.2, 0) is 4.79 Å². The number of hydrogen-bond donors (Lipinski definition) is 0. The fraction of sp³-hybridized carbons (Fsp3) is 0.533. The number of carbonyl (C=O) groups excluding carboxylic acids is 1. The van der Waals surface area contributed by atoms with Crippen LogP contribution in [0.25, 0.3) is 0 Å². The van der Waals surface area contributed by atoms with E-state index in [1.54, 1.807) is 12.1 Å². The molecule has 0 aliphatic carbocycles. The topological polar surface area (TPSA) is 29.5 Å². The van der Waals surface area contributed by atoms with Crippen LogP contribution in [0.1, 0.15) is 26.7 Å². The molecule has 1 aliphatic heterocycles. The molecule has 19 heavy (non-hydrogen) atoms. The number of likely N-dealkylation sites (tertiary alicyclic amines) is 1. The van der Waals surface area contributed by atoms with Crippen molar-refractivity contribution < 1.29 is 13.9 Å². The SMILES string of the molecule is CC1(C)CCN(C(=O)COc2cccc(F)c2)CC1. The second kappa shape index (κ2) is 5.59. The molecule has 0 radical (unpaired) electrons. The molecule has 1 fully saturated rings. The number of piperidine rings is 1. The van der Waals surface area contributed by atoms with Gasteiger partial charge in [-0.3, -0.25) is 4.79 Å². The van der Waals surface area contributed by atoms with E-state index in [4.69, 9.17) is 4.74 Å². The zero-order valence-corrected chi connectivity index (χ0v) is 11.5. The fourth-order valence-electron chi connectivity index (χ4n) is 2.15. The average Bonchev–Trinajstić information content (AvgIpc) is 2.36. The number of ether oxygens (including phenoxy) is 1. The van der Waals surface area contributed by atoms with E-state index in [0.29, 0.717) is 11.2 Å². The van der Waals surface area contributed by atoms with Gasteiger partial charge in [0, 0.05) is 19.2 Å². The van der Waals surface area contributed by atoms with Crippen molar-refractivity contribution in [3.05, 3.63) is 30.1 Å². The molecule has 0 N–H and O–H groups in total. The van der Waals surface area contributed by atoms with Crippen molar-refractivity contribution in [2.45, 2.75) is 26.7 Å². The van der Waals surface area contributed by atoms with E-state index in [1.807, 2.05) is 4.90 Å². The summed E-state index contributed by atoms with van der Waals surface area (Å²) in [5, 5.41) is 0. The summed E-state index contributed by atoms with van der Waals surface area (Å²) in [4.78, 5) is 13.8. The van der Waals surface area contributed by atoms with E-state index >= 15 is 0 Å². The largest absolute Gasteiger partial charge is 0.484 e. The standard InChI is InChI=1S/C15H20FNO2/c1-15(2)6-8-17(9-7-15)14(18)11-19-13-5-3-4-12(16)10-13/h3-5,10H,6-9,11H2,1-2H3. The van der Waals surface area contributed by atoms with Crippen molar-refractivity contribution in [3.63, 3.8) is 0 Å². The third-order valence-corrected chi connectivity index (χ3v) is 3.63. The van der Waals surface area contributed by atoms with Crippen molar-refractivity contribution in [1.82, 2.24) is 4.90 Å². The molecule has 1 saturated heterocycles. The summed E-state index contributed by atoms with van der Waals surface area (Å²) >= 11 is 0. The fourth-order valence-corrected chi connectivity index (χ4v) is 2.15. The lowest BCUT2D eigenvalue weighted by Gasteiger charge is -2.36. The number of halogens is 1. The molecule has 0 saturated carbocycles. The van der Waals surface area contributed by atoms with Crippen LogP contribution in [0.2, 0.25) is 0 Å². The van der Waals surface area contributed by atoms with Crippen LogP contribution in [0.15, 0.2) is 24.3 Å². The van der Waals surface area contributed by atoms with Gasteiger partial charge in [-0.25, -0.2) is 4.39 Å². The normalized spacial score (nSPS) is 18.2. The Morgan fingerprint density at radius 3 is 2.68 bits per heavy atom. The Bertz CT molecular complexity index is 449. The summed E-state index contributed by atoms with van der Waals surface area (Å²) in [6.45, 7) is 5.97. The van der Waals surface area contributed by atoms with Crippen molar-refractivity contribution in [3.8, 4) is 5.75 Å². The second-order valence-electron chi connectivity index (χ2n) is 5.79.